The Hall–Kier alpha value is -1.13. The van der Waals surface area contributed by atoms with Crippen molar-refractivity contribution in [3.8, 4) is 5.75 Å². The minimum atomic E-state index is -0.296. The minimum absolute atomic E-state index is 0.296. The van der Waals surface area contributed by atoms with Crippen LogP contribution in [-0.2, 0) is 6.42 Å². The molecule has 1 heterocycles. The number of nitrogens with zero attached hydrogens (tertiary/aromatic N) is 1. The molecule has 2 rings (SSSR count). The van der Waals surface area contributed by atoms with Crippen LogP contribution in [0, 0.1) is 5.82 Å². The number of halogens is 1. The van der Waals surface area contributed by atoms with Crippen molar-refractivity contribution >= 4 is 0 Å². The number of benzene rings is 1. The van der Waals surface area contributed by atoms with Gasteiger partial charge in [-0.1, -0.05) is 6.07 Å². The van der Waals surface area contributed by atoms with E-state index in [9.17, 15) is 4.39 Å². The van der Waals surface area contributed by atoms with E-state index in [2.05, 4.69) is 24.1 Å². The van der Waals surface area contributed by atoms with Crippen molar-refractivity contribution in [2.24, 2.45) is 0 Å². The van der Waals surface area contributed by atoms with E-state index in [0.717, 1.165) is 18.5 Å². The number of likely N-dealkylation sites (tertiary alicyclic amines) is 1. The Morgan fingerprint density at radius 2 is 2.05 bits per heavy atom. The first kappa shape index (κ1) is 16.2. The van der Waals surface area contributed by atoms with E-state index < -0.39 is 0 Å². The first-order chi connectivity index (χ1) is 10.1. The lowest BCUT2D eigenvalue weighted by Gasteiger charge is -2.35. The number of piperidine rings is 1. The van der Waals surface area contributed by atoms with Crippen LogP contribution < -0.4 is 10.1 Å². The highest BCUT2D eigenvalue weighted by Gasteiger charge is 2.19. The molecule has 3 nitrogen and oxygen atoms in total. The first-order valence-electron chi connectivity index (χ1n) is 7.90. The fourth-order valence-electron chi connectivity index (χ4n) is 2.90. The van der Waals surface area contributed by atoms with Gasteiger partial charge >= 0.3 is 0 Å². The smallest absolute Gasteiger partial charge is 0.165 e. The number of methoxy groups -OCH3 is 1. The van der Waals surface area contributed by atoms with E-state index >= 15 is 0 Å². The SMILES string of the molecule is COc1cc(CCNC2CCN(C(C)C)CC2)ccc1F. The van der Waals surface area contributed by atoms with Gasteiger partial charge in [0.1, 0.15) is 0 Å². The monoisotopic (exact) mass is 294 g/mol. The van der Waals surface area contributed by atoms with Crippen LogP contribution in [0.2, 0.25) is 0 Å². The molecule has 4 heteroatoms. The van der Waals surface area contributed by atoms with Gasteiger partial charge in [0.25, 0.3) is 0 Å². The fraction of sp³-hybridized carbons (Fsp3) is 0.647. The predicted molar refractivity (Wildman–Crippen MR) is 84.4 cm³/mol. The fourth-order valence-corrected chi connectivity index (χ4v) is 2.90. The second-order valence-corrected chi connectivity index (χ2v) is 6.08. The van der Waals surface area contributed by atoms with Gasteiger partial charge in [-0.15, -0.1) is 0 Å². The molecule has 0 aliphatic carbocycles. The Bertz CT molecular complexity index is 442. The molecule has 1 aromatic carbocycles. The molecule has 0 atom stereocenters. The van der Waals surface area contributed by atoms with Crippen LogP contribution in [0.25, 0.3) is 0 Å². The standard InChI is InChI=1S/C17H27FN2O/c1-13(2)20-10-7-15(8-11-20)19-9-6-14-4-5-16(18)17(12-14)21-3/h4-5,12-13,15,19H,6-11H2,1-3H3. The van der Waals surface area contributed by atoms with Crippen LogP contribution in [0.3, 0.4) is 0 Å². The third-order valence-electron chi connectivity index (χ3n) is 4.32. The zero-order valence-corrected chi connectivity index (χ0v) is 13.4. The normalized spacial score (nSPS) is 17.4. The van der Waals surface area contributed by atoms with Gasteiger partial charge in [-0.25, -0.2) is 4.39 Å². The Balaban J connectivity index is 1.73. The number of hydrogen-bond donors (Lipinski definition) is 1. The van der Waals surface area contributed by atoms with Crippen molar-refractivity contribution in [2.75, 3.05) is 26.7 Å². The van der Waals surface area contributed by atoms with Gasteiger partial charge in [-0.2, -0.15) is 0 Å². The number of nitrogens with one attached hydrogen (secondary N) is 1. The summed E-state index contributed by atoms with van der Waals surface area (Å²) in [6, 6.07) is 6.37. The van der Waals surface area contributed by atoms with Gasteiger partial charge in [-0.3, -0.25) is 0 Å². The van der Waals surface area contributed by atoms with Crippen molar-refractivity contribution < 1.29 is 9.13 Å². The van der Waals surface area contributed by atoms with E-state index in [0.29, 0.717) is 17.8 Å². The Morgan fingerprint density at radius 1 is 1.33 bits per heavy atom. The lowest BCUT2D eigenvalue weighted by Crippen LogP contribution is -2.45. The molecule has 118 valence electrons. The van der Waals surface area contributed by atoms with E-state index in [-0.39, 0.29) is 5.82 Å². The van der Waals surface area contributed by atoms with Crippen molar-refractivity contribution in [1.29, 1.82) is 0 Å². The summed E-state index contributed by atoms with van der Waals surface area (Å²) < 4.78 is 18.4. The molecule has 1 aromatic rings. The van der Waals surface area contributed by atoms with Crippen LogP contribution in [0.15, 0.2) is 18.2 Å². The number of ether oxygens (including phenoxy) is 1. The second kappa shape index (κ2) is 7.76. The molecule has 0 bridgehead atoms. The van der Waals surface area contributed by atoms with E-state index in [1.54, 1.807) is 6.07 Å². The number of rotatable bonds is 6. The Labute approximate surface area is 127 Å². The molecule has 0 aromatic heterocycles. The molecule has 1 aliphatic heterocycles. The summed E-state index contributed by atoms with van der Waals surface area (Å²) in [5.41, 5.74) is 1.11. The Kier molecular flexibility index (Phi) is 6.00. The third-order valence-corrected chi connectivity index (χ3v) is 4.32. The van der Waals surface area contributed by atoms with E-state index in [1.807, 2.05) is 6.07 Å². The molecule has 0 spiro atoms. The minimum Gasteiger partial charge on any atom is -0.494 e. The molecule has 1 fully saturated rings. The zero-order valence-electron chi connectivity index (χ0n) is 13.4. The molecule has 0 unspecified atom stereocenters. The summed E-state index contributed by atoms with van der Waals surface area (Å²) in [4.78, 5) is 2.53. The van der Waals surface area contributed by atoms with E-state index in [1.165, 1.54) is 39.1 Å². The molecule has 1 aliphatic rings. The molecule has 0 amide bonds. The molecular formula is C17H27FN2O. The van der Waals surface area contributed by atoms with Gasteiger partial charge < -0.3 is 15.0 Å². The molecule has 0 saturated carbocycles. The van der Waals surface area contributed by atoms with Crippen LogP contribution in [0.4, 0.5) is 4.39 Å². The summed E-state index contributed by atoms with van der Waals surface area (Å²) >= 11 is 0. The van der Waals surface area contributed by atoms with Crippen LogP contribution in [0.5, 0.6) is 5.75 Å². The first-order valence-corrected chi connectivity index (χ1v) is 7.90. The molecule has 1 saturated heterocycles. The summed E-state index contributed by atoms with van der Waals surface area (Å²) in [5, 5.41) is 3.62. The topological polar surface area (TPSA) is 24.5 Å². The Morgan fingerprint density at radius 3 is 2.67 bits per heavy atom. The van der Waals surface area contributed by atoms with Crippen molar-refractivity contribution in [2.45, 2.75) is 45.2 Å². The van der Waals surface area contributed by atoms with Crippen molar-refractivity contribution in [3.05, 3.63) is 29.6 Å². The summed E-state index contributed by atoms with van der Waals surface area (Å²) in [6.07, 6.45) is 3.33. The maximum atomic E-state index is 13.3. The average Bonchev–Trinajstić information content (AvgIpc) is 2.49. The van der Waals surface area contributed by atoms with Crippen molar-refractivity contribution in [3.63, 3.8) is 0 Å². The average molecular weight is 294 g/mol. The maximum absolute atomic E-state index is 13.3. The van der Waals surface area contributed by atoms with Gasteiger partial charge in [0.2, 0.25) is 0 Å². The molecule has 0 radical (unpaired) electrons. The highest BCUT2D eigenvalue weighted by atomic mass is 19.1. The molecular weight excluding hydrogens is 267 g/mol. The van der Waals surface area contributed by atoms with Gasteiger partial charge in [0, 0.05) is 12.1 Å². The van der Waals surface area contributed by atoms with Gasteiger partial charge in [-0.05, 0) is 70.4 Å². The van der Waals surface area contributed by atoms with Crippen molar-refractivity contribution in [1.82, 2.24) is 10.2 Å². The highest BCUT2D eigenvalue weighted by molar-refractivity contribution is 5.30. The van der Waals surface area contributed by atoms with Gasteiger partial charge in [0.15, 0.2) is 11.6 Å². The summed E-state index contributed by atoms with van der Waals surface area (Å²) in [6.45, 7) is 7.81. The lowest BCUT2D eigenvalue weighted by molar-refractivity contribution is 0.161. The number of hydrogen-bond acceptors (Lipinski definition) is 3. The summed E-state index contributed by atoms with van der Waals surface area (Å²) in [5.74, 6) is 0.0352. The van der Waals surface area contributed by atoms with Crippen LogP contribution >= 0.6 is 0 Å². The molecule has 21 heavy (non-hydrogen) atoms. The second-order valence-electron chi connectivity index (χ2n) is 6.08. The van der Waals surface area contributed by atoms with Gasteiger partial charge in [0.05, 0.1) is 7.11 Å². The van der Waals surface area contributed by atoms with E-state index in [4.69, 9.17) is 4.74 Å². The third kappa shape index (κ3) is 4.68. The zero-order chi connectivity index (χ0) is 15.2. The van der Waals surface area contributed by atoms with Crippen LogP contribution in [-0.4, -0.2) is 43.7 Å². The van der Waals surface area contributed by atoms with Crippen LogP contribution in [0.1, 0.15) is 32.3 Å². The lowest BCUT2D eigenvalue weighted by atomic mass is 10.0. The largest absolute Gasteiger partial charge is 0.494 e. The maximum Gasteiger partial charge on any atom is 0.165 e. The summed E-state index contributed by atoms with van der Waals surface area (Å²) in [7, 11) is 1.50. The highest BCUT2D eigenvalue weighted by Crippen LogP contribution is 2.18. The predicted octanol–water partition coefficient (Wildman–Crippen LogP) is 2.84. The molecule has 1 N–H and O–H groups in total. The quantitative estimate of drug-likeness (QED) is 0.873.